The average molecular weight is 495 g/mol. The zero-order valence-corrected chi connectivity index (χ0v) is 20.3. The lowest BCUT2D eigenvalue weighted by Gasteiger charge is -2.18. The number of nitrogens with zero attached hydrogens (tertiary/aromatic N) is 1. The normalized spacial score (nSPS) is 12.8. The van der Waals surface area contributed by atoms with E-state index in [0.29, 0.717) is 5.88 Å². The predicted octanol–water partition coefficient (Wildman–Crippen LogP) is 5.29. The van der Waals surface area contributed by atoms with Gasteiger partial charge in [0.25, 0.3) is 0 Å². The molecule has 0 unspecified atom stereocenters. The molecule has 4 aromatic rings. The van der Waals surface area contributed by atoms with Crippen molar-refractivity contribution in [3.8, 4) is 28.1 Å². The number of pyridine rings is 1. The molecule has 186 valence electrons. The van der Waals surface area contributed by atoms with Crippen LogP contribution in [0.15, 0.2) is 91.1 Å². The molecule has 1 aliphatic carbocycles. The number of benzene rings is 3. The van der Waals surface area contributed by atoms with Crippen LogP contribution in [0.1, 0.15) is 22.6 Å². The van der Waals surface area contributed by atoms with Gasteiger partial charge in [-0.1, -0.05) is 72.8 Å². The molecule has 0 saturated carbocycles. The van der Waals surface area contributed by atoms with Gasteiger partial charge in [0.05, 0.1) is 7.11 Å². The SMILES string of the molecule is COc1cc(-c2cccc(C[C@H](NC(=O)OCC3c4ccccc4-c4ccccc43)C(=O)O)c2)ccn1. The first-order chi connectivity index (χ1) is 18.0. The molecule has 7 nitrogen and oxygen atoms in total. The second kappa shape index (κ2) is 10.5. The fraction of sp³-hybridized carbons (Fsp3) is 0.167. The summed E-state index contributed by atoms with van der Waals surface area (Å²) >= 11 is 0. The van der Waals surface area contributed by atoms with E-state index in [-0.39, 0.29) is 18.9 Å². The van der Waals surface area contributed by atoms with Gasteiger partial charge in [0, 0.05) is 24.6 Å². The van der Waals surface area contributed by atoms with Crippen molar-refractivity contribution in [2.45, 2.75) is 18.4 Å². The number of methoxy groups -OCH3 is 1. The highest BCUT2D eigenvalue weighted by molar-refractivity contribution is 5.81. The van der Waals surface area contributed by atoms with E-state index in [1.54, 1.807) is 13.3 Å². The molecule has 0 spiro atoms. The van der Waals surface area contributed by atoms with Gasteiger partial charge in [-0.3, -0.25) is 0 Å². The van der Waals surface area contributed by atoms with Crippen LogP contribution in [0.5, 0.6) is 5.88 Å². The van der Waals surface area contributed by atoms with Crippen molar-refractivity contribution in [3.63, 3.8) is 0 Å². The maximum Gasteiger partial charge on any atom is 0.407 e. The fourth-order valence-electron chi connectivity index (χ4n) is 4.80. The van der Waals surface area contributed by atoms with Crippen LogP contribution in [-0.2, 0) is 16.0 Å². The van der Waals surface area contributed by atoms with Crippen LogP contribution in [0.4, 0.5) is 4.79 Å². The summed E-state index contributed by atoms with van der Waals surface area (Å²) in [5.41, 5.74) is 6.99. The van der Waals surface area contributed by atoms with Gasteiger partial charge in [-0.2, -0.15) is 0 Å². The number of amides is 1. The monoisotopic (exact) mass is 494 g/mol. The second-order valence-corrected chi connectivity index (χ2v) is 8.85. The Morgan fingerprint density at radius 2 is 1.59 bits per heavy atom. The van der Waals surface area contributed by atoms with Crippen molar-refractivity contribution in [3.05, 3.63) is 108 Å². The average Bonchev–Trinajstić information content (AvgIpc) is 3.25. The third kappa shape index (κ3) is 5.16. The van der Waals surface area contributed by atoms with Crippen molar-refractivity contribution in [1.82, 2.24) is 10.3 Å². The minimum absolute atomic E-state index is 0.101. The topological polar surface area (TPSA) is 97.8 Å². The number of aromatic nitrogens is 1. The Labute approximate surface area is 214 Å². The van der Waals surface area contributed by atoms with Crippen molar-refractivity contribution < 1.29 is 24.2 Å². The van der Waals surface area contributed by atoms with Crippen LogP contribution in [-0.4, -0.2) is 41.9 Å². The highest BCUT2D eigenvalue weighted by Crippen LogP contribution is 2.44. The Morgan fingerprint density at radius 1 is 0.919 bits per heavy atom. The summed E-state index contributed by atoms with van der Waals surface area (Å²) in [4.78, 5) is 28.8. The molecule has 37 heavy (non-hydrogen) atoms. The van der Waals surface area contributed by atoms with Crippen molar-refractivity contribution in [1.29, 1.82) is 0 Å². The van der Waals surface area contributed by atoms with E-state index in [9.17, 15) is 14.7 Å². The third-order valence-electron chi connectivity index (χ3n) is 6.58. The molecule has 1 aromatic heterocycles. The number of carboxylic acid groups (broad SMARTS) is 1. The quantitative estimate of drug-likeness (QED) is 0.345. The van der Waals surface area contributed by atoms with E-state index >= 15 is 0 Å². The number of alkyl carbamates (subject to hydrolysis) is 1. The van der Waals surface area contributed by atoms with Gasteiger partial charge in [-0.25, -0.2) is 14.6 Å². The molecule has 2 N–H and O–H groups in total. The maximum absolute atomic E-state index is 12.7. The summed E-state index contributed by atoms with van der Waals surface area (Å²) in [6, 6.07) is 26.1. The van der Waals surface area contributed by atoms with Crippen molar-refractivity contribution in [2.75, 3.05) is 13.7 Å². The van der Waals surface area contributed by atoms with Crippen molar-refractivity contribution in [2.24, 2.45) is 0 Å². The maximum atomic E-state index is 12.7. The number of nitrogens with one attached hydrogen (secondary N) is 1. The van der Waals surface area contributed by atoms with E-state index in [1.165, 1.54) is 0 Å². The van der Waals surface area contributed by atoms with E-state index in [4.69, 9.17) is 9.47 Å². The summed E-state index contributed by atoms with van der Waals surface area (Å²) in [7, 11) is 1.55. The number of hydrogen-bond donors (Lipinski definition) is 2. The van der Waals surface area contributed by atoms with Crippen LogP contribution in [0.3, 0.4) is 0 Å². The number of rotatable bonds is 8. The Hall–Kier alpha value is -4.65. The first-order valence-corrected chi connectivity index (χ1v) is 12.0. The molecule has 3 aromatic carbocycles. The van der Waals surface area contributed by atoms with Gasteiger partial charge in [0.15, 0.2) is 0 Å². The van der Waals surface area contributed by atoms with Crippen molar-refractivity contribution >= 4 is 12.1 Å². The number of fused-ring (bicyclic) bond motifs is 3. The lowest BCUT2D eigenvalue weighted by Crippen LogP contribution is -2.42. The number of carbonyl (C=O) groups is 2. The van der Waals surface area contributed by atoms with Crippen LogP contribution < -0.4 is 10.1 Å². The van der Waals surface area contributed by atoms with E-state index in [1.807, 2.05) is 72.8 Å². The molecule has 1 heterocycles. The molecular formula is C30H26N2O5. The Kier molecular flexibility index (Phi) is 6.85. The number of hydrogen-bond acceptors (Lipinski definition) is 5. The van der Waals surface area contributed by atoms with Gasteiger partial charge in [0.1, 0.15) is 12.6 Å². The molecule has 1 atom stereocenters. The molecule has 0 fully saturated rings. The van der Waals surface area contributed by atoms with Gasteiger partial charge in [-0.15, -0.1) is 0 Å². The Balaban J connectivity index is 1.26. The van der Waals surface area contributed by atoms with E-state index in [0.717, 1.165) is 38.9 Å². The highest BCUT2D eigenvalue weighted by Gasteiger charge is 2.29. The van der Waals surface area contributed by atoms with E-state index < -0.39 is 18.1 Å². The molecule has 5 rings (SSSR count). The lowest BCUT2D eigenvalue weighted by molar-refractivity contribution is -0.139. The van der Waals surface area contributed by atoms with Gasteiger partial charge < -0.3 is 19.9 Å². The predicted molar refractivity (Wildman–Crippen MR) is 140 cm³/mol. The minimum Gasteiger partial charge on any atom is -0.481 e. The van der Waals surface area contributed by atoms with Crippen LogP contribution >= 0.6 is 0 Å². The molecule has 0 aliphatic heterocycles. The van der Waals surface area contributed by atoms with Crippen LogP contribution in [0.25, 0.3) is 22.3 Å². The third-order valence-corrected chi connectivity index (χ3v) is 6.58. The fourth-order valence-corrected chi connectivity index (χ4v) is 4.80. The van der Waals surface area contributed by atoms with E-state index in [2.05, 4.69) is 22.4 Å². The van der Waals surface area contributed by atoms with Gasteiger partial charge in [0.2, 0.25) is 5.88 Å². The van der Waals surface area contributed by atoms with Crippen LogP contribution in [0.2, 0.25) is 0 Å². The molecule has 0 bridgehead atoms. The zero-order valence-electron chi connectivity index (χ0n) is 20.3. The molecule has 7 heteroatoms. The number of aliphatic carboxylic acids is 1. The number of carboxylic acids is 1. The minimum atomic E-state index is -1.14. The molecule has 0 saturated heterocycles. The molecule has 1 aliphatic rings. The van der Waals surface area contributed by atoms with Gasteiger partial charge >= 0.3 is 12.1 Å². The number of carbonyl (C=O) groups excluding carboxylic acids is 1. The standard InChI is InChI=1S/C30H26N2O5/c1-36-28-17-21(13-14-31-28)20-8-6-7-19(15-20)16-27(29(33)34)32-30(35)37-18-26-24-11-4-2-9-22(24)23-10-3-5-12-25(23)26/h2-15,17,26-27H,16,18H2,1H3,(H,32,35)(H,33,34)/t27-/m0/s1. The Morgan fingerprint density at radius 3 is 2.27 bits per heavy atom. The first kappa shape index (κ1) is 24.1. The highest BCUT2D eigenvalue weighted by atomic mass is 16.5. The summed E-state index contributed by atoms with van der Waals surface area (Å²) in [5.74, 6) is -0.747. The largest absolute Gasteiger partial charge is 0.481 e. The summed E-state index contributed by atoms with van der Waals surface area (Å²) in [5, 5.41) is 12.3. The van der Waals surface area contributed by atoms with Crippen LogP contribution in [0, 0.1) is 0 Å². The van der Waals surface area contributed by atoms with Gasteiger partial charge in [-0.05, 0) is 45.0 Å². The molecular weight excluding hydrogens is 468 g/mol. The zero-order chi connectivity index (χ0) is 25.8. The summed E-state index contributed by atoms with van der Waals surface area (Å²) in [6.45, 7) is 0.117. The lowest BCUT2D eigenvalue weighted by atomic mass is 9.98. The second-order valence-electron chi connectivity index (χ2n) is 8.85. The summed E-state index contributed by atoms with van der Waals surface area (Å²) in [6.07, 6.45) is 0.999. The Bertz CT molecular complexity index is 1410. The summed E-state index contributed by atoms with van der Waals surface area (Å²) < 4.78 is 10.7. The number of ether oxygens (including phenoxy) is 2. The smallest absolute Gasteiger partial charge is 0.407 e. The first-order valence-electron chi connectivity index (χ1n) is 12.0. The molecule has 0 radical (unpaired) electrons. The molecule has 1 amide bonds.